The number of fused-ring (bicyclic) bond motifs is 1. The van der Waals surface area contributed by atoms with E-state index in [1.807, 2.05) is 27.7 Å². The molecule has 134 valence electrons. The van der Waals surface area contributed by atoms with Gasteiger partial charge in [0.2, 0.25) is 5.82 Å². The third kappa shape index (κ3) is 3.53. The first-order valence-corrected chi connectivity index (χ1v) is 8.26. The van der Waals surface area contributed by atoms with E-state index in [0.717, 1.165) is 11.3 Å². The first-order valence-electron chi connectivity index (χ1n) is 8.26. The third-order valence-electron chi connectivity index (χ3n) is 3.79. The van der Waals surface area contributed by atoms with Crippen molar-refractivity contribution in [3.63, 3.8) is 0 Å². The van der Waals surface area contributed by atoms with Crippen LogP contribution in [-0.4, -0.2) is 37.4 Å². The van der Waals surface area contributed by atoms with E-state index in [1.165, 1.54) is 4.52 Å². The summed E-state index contributed by atoms with van der Waals surface area (Å²) in [5, 5.41) is 9.75. The number of carbonyl (C=O) groups excluding carboxylic acids is 2. The molecule has 0 spiro atoms. The van der Waals surface area contributed by atoms with Crippen molar-refractivity contribution < 1.29 is 9.59 Å². The number of hydrogen-bond acceptors (Lipinski definition) is 5. The van der Waals surface area contributed by atoms with Crippen molar-refractivity contribution in [2.24, 2.45) is 0 Å². The van der Waals surface area contributed by atoms with Gasteiger partial charge >= 0.3 is 0 Å². The number of nitrogens with zero attached hydrogens (tertiary/aromatic N) is 4. The average Bonchev–Trinajstić information content (AvgIpc) is 3.01. The number of nitrogens with one attached hydrogen (secondary N) is 2. The molecule has 26 heavy (non-hydrogen) atoms. The zero-order chi connectivity index (χ0) is 18.8. The van der Waals surface area contributed by atoms with E-state index in [-0.39, 0.29) is 17.8 Å². The number of amides is 2. The molecule has 0 aliphatic carbocycles. The van der Waals surface area contributed by atoms with Gasteiger partial charge in [-0.3, -0.25) is 9.59 Å². The van der Waals surface area contributed by atoms with Gasteiger partial charge in [0, 0.05) is 29.2 Å². The van der Waals surface area contributed by atoms with Gasteiger partial charge in [-0.05, 0) is 51.5 Å². The van der Waals surface area contributed by atoms with Crippen LogP contribution in [0.4, 0.5) is 5.69 Å². The fraction of sp³-hybridized carbons (Fsp3) is 0.278. The van der Waals surface area contributed by atoms with Gasteiger partial charge in [-0.15, -0.1) is 5.10 Å². The molecule has 0 saturated heterocycles. The Bertz CT molecular complexity index is 993. The maximum absolute atomic E-state index is 12.5. The van der Waals surface area contributed by atoms with E-state index < -0.39 is 5.91 Å². The molecule has 0 aliphatic rings. The van der Waals surface area contributed by atoms with Gasteiger partial charge < -0.3 is 10.6 Å². The quantitative estimate of drug-likeness (QED) is 0.749. The predicted molar refractivity (Wildman–Crippen MR) is 97.3 cm³/mol. The molecule has 2 N–H and O–H groups in total. The van der Waals surface area contributed by atoms with Gasteiger partial charge in [-0.2, -0.15) is 4.98 Å². The maximum Gasteiger partial charge on any atom is 0.295 e. The minimum Gasteiger partial charge on any atom is -0.350 e. The van der Waals surface area contributed by atoms with Crippen molar-refractivity contribution >= 4 is 23.3 Å². The van der Waals surface area contributed by atoms with Crippen LogP contribution in [0.15, 0.2) is 30.5 Å². The summed E-state index contributed by atoms with van der Waals surface area (Å²) in [6.45, 7) is 7.48. The molecule has 0 bridgehead atoms. The molecule has 0 saturated carbocycles. The highest BCUT2D eigenvalue weighted by atomic mass is 16.2. The number of benzene rings is 1. The fourth-order valence-corrected chi connectivity index (χ4v) is 2.47. The first kappa shape index (κ1) is 17.5. The normalized spacial score (nSPS) is 11.0. The highest BCUT2D eigenvalue weighted by Crippen LogP contribution is 2.16. The molecule has 2 aromatic heterocycles. The lowest BCUT2D eigenvalue weighted by molar-refractivity contribution is 0.0941. The van der Waals surface area contributed by atoms with Gasteiger partial charge in [-0.1, -0.05) is 6.07 Å². The SMILES string of the molecule is Cc1ccc(NC(=O)c2nc3nccc(C)n3n2)cc1C(=O)NC(C)C. The van der Waals surface area contributed by atoms with Gasteiger partial charge in [0.15, 0.2) is 0 Å². The van der Waals surface area contributed by atoms with Crippen LogP contribution >= 0.6 is 0 Å². The van der Waals surface area contributed by atoms with E-state index in [9.17, 15) is 9.59 Å². The number of anilines is 1. The number of hydrogen-bond donors (Lipinski definition) is 2. The molecule has 0 aliphatic heterocycles. The number of aryl methyl sites for hydroxylation is 2. The highest BCUT2D eigenvalue weighted by molar-refractivity contribution is 6.03. The van der Waals surface area contributed by atoms with Crippen LogP contribution in [-0.2, 0) is 0 Å². The second-order valence-corrected chi connectivity index (χ2v) is 6.35. The Kier molecular flexibility index (Phi) is 4.66. The Balaban J connectivity index is 1.84. The summed E-state index contributed by atoms with van der Waals surface area (Å²) >= 11 is 0. The van der Waals surface area contributed by atoms with Gasteiger partial charge in [0.1, 0.15) is 0 Å². The van der Waals surface area contributed by atoms with E-state index in [0.29, 0.717) is 17.0 Å². The van der Waals surface area contributed by atoms with Crippen LogP contribution in [0.3, 0.4) is 0 Å². The van der Waals surface area contributed by atoms with E-state index >= 15 is 0 Å². The van der Waals surface area contributed by atoms with Crippen molar-refractivity contribution in [2.75, 3.05) is 5.32 Å². The van der Waals surface area contributed by atoms with Crippen LogP contribution in [0, 0.1) is 13.8 Å². The lowest BCUT2D eigenvalue weighted by atomic mass is 10.1. The molecule has 8 heteroatoms. The average molecular weight is 352 g/mol. The van der Waals surface area contributed by atoms with Crippen molar-refractivity contribution in [2.45, 2.75) is 33.7 Å². The van der Waals surface area contributed by atoms with Gasteiger partial charge in [-0.25, -0.2) is 9.50 Å². The standard InChI is InChI=1S/C18H20N6O2/c1-10(2)20-16(25)14-9-13(6-5-11(14)3)21-17(26)15-22-18-19-8-7-12(4)24(18)23-15/h5-10H,1-4H3,(H,20,25)(H,21,26). The first-order chi connectivity index (χ1) is 12.3. The molecule has 3 rings (SSSR count). The summed E-state index contributed by atoms with van der Waals surface area (Å²) in [5.41, 5.74) is 2.66. The zero-order valence-electron chi connectivity index (χ0n) is 15.1. The lowest BCUT2D eigenvalue weighted by Crippen LogP contribution is -2.30. The predicted octanol–water partition coefficient (Wildman–Crippen LogP) is 2.13. The van der Waals surface area contributed by atoms with Crippen molar-refractivity contribution in [1.29, 1.82) is 0 Å². The monoisotopic (exact) mass is 352 g/mol. The number of carbonyl (C=O) groups is 2. The molecule has 0 fully saturated rings. The molecule has 1 aromatic carbocycles. The zero-order valence-corrected chi connectivity index (χ0v) is 15.1. The Morgan fingerprint density at radius 2 is 1.88 bits per heavy atom. The van der Waals surface area contributed by atoms with Gasteiger partial charge in [0.25, 0.3) is 17.6 Å². The third-order valence-corrected chi connectivity index (χ3v) is 3.79. The maximum atomic E-state index is 12.5. The smallest absolute Gasteiger partial charge is 0.295 e. The van der Waals surface area contributed by atoms with Crippen LogP contribution in [0.25, 0.3) is 5.78 Å². The summed E-state index contributed by atoms with van der Waals surface area (Å²) < 4.78 is 1.51. The van der Waals surface area contributed by atoms with Crippen molar-refractivity contribution in [3.05, 3.63) is 53.1 Å². The van der Waals surface area contributed by atoms with Crippen LogP contribution in [0.1, 0.15) is 46.1 Å². The Morgan fingerprint density at radius 3 is 2.58 bits per heavy atom. The molecule has 8 nitrogen and oxygen atoms in total. The molecular formula is C18H20N6O2. The summed E-state index contributed by atoms with van der Waals surface area (Å²) in [5.74, 6) is -0.273. The van der Waals surface area contributed by atoms with Crippen LogP contribution in [0.5, 0.6) is 0 Å². The Morgan fingerprint density at radius 1 is 1.12 bits per heavy atom. The van der Waals surface area contributed by atoms with E-state index in [1.54, 1.807) is 30.5 Å². The molecule has 2 heterocycles. The number of rotatable bonds is 4. The molecule has 0 unspecified atom stereocenters. The van der Waals surface area contributed by atoms with Gasteiger partial charge in [0.05, 0.1) is 0 Å². The van der Waals surface area contributed by atoms with Crippen LogP contribution in [0.2, 0.25) is 0 Å². The topological polar surface area (TPSA) is 101 Å². The molecule has 2 amide bonds. The van der Waals surface area contributed by atoms with E-state index in [4.69, 9.17) is 0 Å². The largest absolute Gasteiger partial charge is 0.350 e. The molecule has 3 aromatic rings. The van der Waals surface area contributed by atoms with Crippen LogP contribution < -0.4 is 10.6 Å². The summed E-state index contributed by atoms with van der Waals surface area (Å²) in [7, 11) is 0. The number of aromatic nitrogens is 4. The lowest BCUT2D eigenvalue weighted by Gasteiger charge is -2.12. The van der Waals surface area contributed by atoms with Crippen molar-refractivity contribution in [3.8, 4) is 0 Å². The minimum absolute atomic E-state index is 0.0144. The van der Waals surface area contributed by atoms with E-state index in [2.05, 4.69) is 25.7 Å². The second-order valence-electron chi connectivity index (χ2n) is 6.35. The fourth-order valence-electron chi connectivity index (χ4n) is 2.47. The summed E-state index contributed by atoms with van der Waals surface area (Å²) in [6.07, 6.45) is 1.61. The summed E-state index contributed by atoms with van der Waals surface area (Å²) in [4.78, 5) is 33.0. The van der Waals surface area contributed by atoms with Crippen molar-refractivity contribution in [1.82, 2.24) is 24.9 Å². The Labute approximate surface area is 150 Å². The Hall–Kier alpha value is -3.29. The molecular weight excluding hydrogens is 332 g/mol. The second kappa shape index (κ2) is 6.91. The molecule has 0 atom stereocenters. The minimum atomic E-state index is -0.464. The highest BCUT2D eigenvalue weighted by Gasteiger charge is 2.16. The molecule has 0 radical (unpaired) electrons. The summed E-state index contributed by atoms with van der Waals surface area (Å²) in [6, 6.07) is 6.97.